The van der Waals surface area contributed by atoms with Crippen molar-refractivity contribution in [3.05, 3.63) is 28.8 Å². The summed E-state index contributed by atoms with van der Waals surface area (Å²) >= 11 is 11.2. The Hall–Kier alpha value is -0.840. The fourth-order valence-electron chi connectivity index (χ4n) is 2.24. The van der Waals surface area contributed by atoms with Crippen molar-refractivity contribution in [3.8, 4) is 0 Å². The third-order valence-corrected chi connectivity index (χ3v) is 3.65. The molecule has 3 N–H and O–H groups in total. The molecule has 0 spiro atoms. The summed E-state index contributed by atoms with van der Waals surface area (Å²) in [6.07, 6.45) is 2.10. The standard InChI is InChI=1S/C13H17ClN2OS/c1-13(6-3-7-17-8-13)16-10-5-2-4-9(14)11(10)12(15)18/h2,4-5,16H,3,6-8H2,1H3,(H2,15,18). The molecule has 0 aliphatic carbocycles. The summed E-state index contributed by atoms with van der Waals surface area (Å²) in [7, 11) is 0. The summed E-state index contributed by atoms with van der Waals surface area (Å²) in [5, 5.41) is 4.05. The van der Waals surface area contributed by atoms with Gasteiger partial charge in [0.15, 0.2) is 0 Å². The highest BCUT2D eigenvalue weighted by atomic mass is 35.5. The molecule has 1 saturated heterocycles. The highest BCUT2D eigenvalue weighted by Gasteiger charge is 2.28. The Morgan fingerprint density at radius 2 is 2.33 bits per heavy atom. The number of rotatable bonds is 3. The molecule has 1 aromatic carbocycles. The maximum absolute atomic E-state index is 6.15. The van der Waals surface area contributed by atoms with Crippen LogP contribution in [-0.2, 0) is 4.74 Å². The van der Waals surface area contributed by atoms with Crippen LogP contribution in [0.15, 0.2) is 18.2 Å². The average Bonchev–Trinajstić information content (AvgIpc) is 2.28. The number of thiocarbonyl (C=S) groups is 1. The van der Waals surface area contributed by atoms with Crippen LogP contribution in [-0.4, -0.2) is 23.7 Å². The van der Waals surface area contributed by atoms with Crippen LogP contribution in [0.25, 0.3) is 0 Å². The number of hydrogen-bond donors (Lipinski definition) is 2. The van der Waals surface area contributed by atoms with Gasteiger partial charge >= 0.3 is 0 Å². The Morgan fingerprint density at radius 3 is 2.94 bits per heavy atom. The number of anilines is 1. The minimum absolute atomic E-state index is 0.0948. The average molecular weight is 285 g/mol. The topological polar surface area (TPSA) is 47.3 Å². The number of halogens is 1. The first kappa shape index (κ1) is 13.6. The van der Waals surface area contributed by atoms with Gasteiger partial charge in [-0.05, 0) is 31.9 Å². The Bertz CT molecular complexity index is 458. The lowest BCUT2D eigenvalue weighted by Gasteiger charge is -2.36. The van der Waals surface area contributed by atoms with E-state index < -0.39 is 0 Å². The maximum Gasteiger partial charge on any atom is 0.107 e. The SMILES string of the molecule is CC1(Nc2cccc(Cl)c2C(N)=S)CCCOC1. The fourth-order valence-corrected chi connectivity index (χ4v) is 2.79. The van der Waals surface area contributed by atoms with Crippen molar-refractivity contribution in [2.75, 3.05) is 18.5 Å². The van der Waals surface area contributed by atoms with Crippen molar-refractivity contribution in [1.29, 1.82) is 0 Å². The molecule has 3 nitrogen and oxygen atoms in total. The van der Waals surface area contributed by atoms with E-state index in [9.17, 15) is 0 Å². The number of benzene rings is 1. The van der Waals surface area contributed by atoms with Crippen LogP contribution in [0.3, 0.4) is 0 Å². The van der Waals surface area contributed by atoms with E-state index in [1.165, 1.54) is 0 Å². The minimum atomic E-state index is -0.0948. The van der Waals surface area contributed by atoms with E-state index >= 15 is 0 Å². The van der Waals surface area contributed by atoms with Crippen molar-refractivity contribution in [3.63, 3.8) is 0 Å². The lowest BCUT2D eigenvalue weighted by atomic mass is 9.94. The second-order valence-electron chi connectivity index (χ2n) is 4.87. The second kappa shape index (κ2) is 5.43. The molecular weight excluding hydrogens is 268 g/mol. The smallest absolute Gasteiger partial charge is 0.107 e. The molecule has 0 amide bonds. The van der Waals surface area contributed by atoms with E-state index in [-0.39, 0.29) is 5.54 Å². The first-order valence-corrected chi connectivity index (χ1v) is 6.75. The molecule has 1 aromatic rings. The molecule has 1 aliphatic rings. The molecule has 0 radical (unpaired) electrons. The fraction of sp³-hybridized carbons (Fsp3) is 0.462. The van der Waals surface area contributed by atoms with Gasteiger partial charge in [-0.25, -0.2) is 0 Å². The quantitative estimate of drug-likeness (QED) is 0.838. The van der Waals surface area contributed by atoms with Gasteiger partial charge in [-0.15, -0.1) is 0 Å². The van der Waals surface area contributed by atoms with Crippen LogP contribution in [0.1, 0.15) is 25.3 Å². The lowest BCUT2D eigenvalue weighted by Crippen LogP contribution is -2.43. The van der Waals surface area contributed by atoms with Crippen LogP contribution in [0, 0.1) is 0 Å². The van der Waals surface area contributed by atoms with Gasteiger partial charge in [-0.2, -0.15) is 0 Å². The van der Waals surface area contributed by atoms with E-state index in [1.807, 2.05) is 12.1 Å². The Kier molecular flexibility index (Phi) is 4.10. The largest absolute Gasteiger partial charge is 0.389 e. The second-order valence-corrected chi connectivity index (χ2v) is 5.72. The summed E-state index contributed by atoms with van der Waals surface area (Å²) in [6.45, 7) is 3.64. The predicted octanol–water partition coefficient (Wildman–Crippen LogP) is 2.96. The number of nitrogens with one attached hydrogen (secondary N) is 1. The minimum Gasteiger partial charge on any atom is -0.389 e. The van der Waals surface area contributed by atoms with Crippen molar-refractivity contribution in [2.24, 2.45) is 5.73 Å². The molecule has 0 aromatic heterocycles. The van der Waals surface area contributed by atoms with Gasteiger partial charge in [0.05, 0.1) is 22.7 Å². The van der Waals surface area contributed by atoms with Gasteiger partial charge in [-0.1, -0.05) is 29.9 Å². The number of nitrogens with two attached hydrogens (primary N) is 1. The zero-order valence-corrected chi connectivity index (χ0v) is 11.9. The third kappa shape index (κ3) is 2.94. The first-order chi connectivity index (χ1) is 8.52. The van der Waals surface area contributed by atoms with Crippen LogP contribution >= 0.6 is 23.8 Å². The summed E-state index contributed by atoms with van der Waals surface area (Å²) in [6, 6.07) is 5.63. The summed E-state index contributed by atoms with van der Waals surface area (Å²) in [5.74, 6) is 0. The van der Waals surface area contributed by atoms with Crippen molar-refractivity contribution >= 4 is 34.5 Å². The summed E-state index contributed by atoms with van der Waals surface area (Å²) in [4.78, 5) is 0.309. The van der Waals surface area contributed by atoms with Crippen molar-refractivity contribution < 1.29 is 4.74 Å². The molecule has 0 bridgehead atoms. The van der Waals surface area contributed by atoms with E-state index in [0.717, 1.165) is 25.1 Å². The molecule has 1 aliphatic heterocycles. The van der Waals surface area contributed by atoms with Crippen LogP contribution in [0.5, 0.6) is 0 Å². The summed E-state index contributed by atoms with van der Waals surface area (Å²) < 4.78 is 5.53. The van der Waals surface area contributed by atoms with E-state index in [1.54, 1.807) is 6.07 Å². The van der Waals surface area contributed by atoms with E-state index in [2.05, 4.69) is 12.2 Å². The normalized spacial score (nSPS) is 23.7. The molecule has 1 fully saturated rings. The van der Waals surface area contributed by atoms with Crippen LogP contribution in [0.2, 0.25) is 5.02 Å². The zero-order chi connectivity index (χ0) is 13.2. The number of ether oxygens (including phenoxy) is 1. The molecule has 1 unspecified atom stereocenters. The highest BCUT2D eigenvalue weighted by molar-refractivity contribution is 7.80. The Balaban J connectivity index is 2.28. The monoisotopic (exact) mass is 284 g/mol. The molecule has 1 heterocycles. The van der Waals surface area contributed by atoms with Gasteiger partial charge in [0, 0.05) is 12.3 Å². The lowest BCUT2D eigenvalue weighted by molar-refractivity contribution is 0.0540. The van der Waals surface area contributed by atoms with Crippen LogP contribution in [0.4, 0.5) is 5.69 Å². The zero-order valence-electron chi connectivity index (χ0n) is 10.3. The molecule has 1 atom stereocenters. The molecule has 18 heavy (non-hydrogen) atoms. The van der Waals surface area contributed by atoms with Gasteiger partial charge in [0.25, 0.3) is 0 Å². The molecular formula is C13H17ClN2OS. The predicted molar refractivity (Wildman–Crippen MR) is 79.4 cm³/mol. The number of hydrogen-bond acceptors (Lipinski definition) is 3. The van der Waals surface area contributed by atoms with Gasteiger partial charge in [-0.3, -0.25) is 0 Å². The van der Waals surface area contributed by atoms with E-state index in [4.69, 9.17) is 34.3 Å². The molecule has 5 heteroatoms. The van der Waals surface area contributed by atoms with E-state index in [0.29, 0.717) is 22.2 Å². The van der Waals surface area contributed by atoms with Crippen molar-refractivity contribution in [2.45, 2.75) is 25.3 Å². The molecule has 98 valence electrons. The first-order valence-electron chi connectivity index (χ1n) is 5.96. The summed E-state index contributed by atoms with van der Waals surface area (Å²) in [5.41, 5.74) is 7.23. The Morgan fingerprint density at radius 1 is 1.56 bits per heavy atom. The maximum atomic E-state index is 6.15. The molecule has 2 rings (SSSR count). The van der Waals surface area contributed by atoms with Crippen molar-refractivity contribution in [1.82, 2.24) is 0 Å². The molecule has 0 saturated carbocycles. The van der Waals surface area contributed by atoms with Gasteiger partial charge in [0.2, 0.25) is 0 Å². The Labute approximate surface area is 118 Å². The van der Waals surface area contributed by atoms with Gasteiger partial charge < -0.3 is 15.8 Å². The van der Waals surface area contributed by atoms with Gasteiger partial charge in [0.1, 0.15) is 4.99 Å². The van der Waals surface area contributed by atoms with Crippen LogP contribution < -0.4 is 11.1 Å². The highest BCUT2D eigenvalue weighted by Crippen LogP contribution is 2.29. The third-order valence-electron chi connectivity index (χ3n) is 3.13.